The molecule has 4 nitrogen and oxygen atoms in total. The van der Waals surface area contributed by atoms with Gasteiger partial charge in [-0.15, -0.1) is 0 Å². The second-order valence-corrected chi connectivity index (χ2v) is 2.99. The molecule has 13 heavy (non-hydrogen) atoms. The molecule has 1 aromatic rings. The zero-order chi connectivity index (χ0) is 9.84. The average Bonchev–Trinajstić information content (AvgIpc) is 2.07. The standard InChI is InChI=1S/C8H9ClN2O2/c1-5-8(9)10-4-6(11-5)2-3-7(12)13/h4H,2-3H2,1H3,(H,12,13). The fourth-order valence-electron chi connectivity index (χ4n) is 0.870. The number of hydrogen-bond donors (Lipinski definition) is 1. The van der Waals surface area contributed by atoms with Crippen LogP contribution >= 0.6 is 11.6 Å². The molecular formula is C8H9ClN2O2. The molecule has 0 atom stereocenters. The topological polar surface area (TPSA) is 63.1 Å². The summed E-state index contributed by atoms with van der Waals surface area (Å²) in [6.45, 7) is 1.74. The van der Waals surface area contributed by atoms with Gasteiger partial charge in [-0.3, -0.25) is 9.78 Å². The maximum atomic E-state index is 10.3. The number of nitrogens with zero attached hydrogens (tertiary/aromatic N) is 2. The van der Waals surface area contributed by atoms with Crippen molar-refractivity contribution < 1.29 is 9.90 Å². The van der Waals surface area contributed by atoms with Gasteiger partial charge in [0.1, 0.15) is 5.15 Å². The van der Waals surface area contributed by atoms with Crippen LogP contribution in [0.25, 0.3) is 0 Å². The molecule has 0 aliphatic carbocycles. The summed E-state index contributed by atoms with van der Waals surface area (Å²) in [5.41, 5.74) is 1.29. The van der Waals surface area contributed by atoms with Crippen molar-refractivity contribution >= 4 is 17.6 Å². The van der Waals surface area contributed by atoms with E-state index < -0.39 is 5.97 Å². The van der Waals surface area contributed by atoms with Crippen molar-refractivity contribution in [1.82, 2.24) is 9.97 Å². The quantitative estimate of drug-likeness (QED) is 0.802. The first kappa shape index (κ1) is 9.92. The van der Waals surface area contributed by atoms with Crippen molar-refractivity contribution in [1.29, 1.82) is 0 Å². The summed E-state index contributed by atoms with van der Waals surface area (Å²) < 4.78 is 0. The van der Waals surface area contributed by atoms with Gasteiger partial charge in [0.15, 0.2) is 0 Å². The van der Waals surface area contributed by atoms with Gasteiger partial charge in [-0.05, 0) is 6.92 Å². The normalized spacial score (nSPS) is 10.0. The van der Waals surface area contributed by atoms with Crippen molar-refractivity contribution in [2.24, 2.45) is 0 Å². The van der Waals surface area contributed by atoms with E-state index in [0.717, 1.165) is 0 Å². The summed E-state index contributed by atoms with van der Waals surface area (Å²) >= 11 is 5.65. The summed E-state index contributed by atoms with van der Waals surface area (Å²) in [7, 11) is 0. The van der Waals surface area contributed by atoms with Crippen LogP contribution in [0.3, 0.4) is 0 Å². The molecule has 0 saturated carbocycles. The molecule has 1 N–H and O–H groups in total. The van der Waals surface area contributed by atoms with Gasteiger partial charge in [0.2, 0.25) is 0 Å². The number of halogens is 1. The molecule has 0 fully saturated rings. The fourth-order valence-corrected chi connectivity index (χ4v) is 0.962. The lowest BCUT2D eigenvalue weighted by atomic mass is 10.2. The molecule has 1 heterocycles. The Kier molecular flexibility index (Phi) is 3.19. The first-order valence-electron chi connectivity index (χ1n) is 3.79. The predicted molar refractivity (Wildman–Crippen MR) is 47.7 cm³/mol. The third kappa shape index (κ3) is 2.99. The summed E-state index contributed by atoms with van der Waals surface area (Å²) in [5, 5.41) is 8.78. The third-order valence-electron chi connectivity index (χ3n) is 1.53. The average molecular weight is 201 g/mol. The second-order valence-electron chi connectivity index (χ2n) is 2.63. The fraction of sp³-hybridized carbons (Fsp3) is 0.375. The van der Waals surface area contributed by atoms with Crippen LogP contribution in [0, 0.1) is 6.92 Å². The minimum absolute atomic E-state index is 0.0652. The molecule has 0 radical (unpaired) electrons. The van der Waals surface area contributed by atoms with Crippen LogP contribution in [0.2, 0.25) is 5.15 Å². The Hall–Kier alpha value is -1.16. The van der Waals surface area contributed by atoms with Gasteiger partial charge in [0.25, 0.3) is 0 Å². The molecule has 0 saturated heterocycles. The molecule has 0 aliphatic heterocycles. The highest BCUT2D eigenvalue weighted by Crippen LogP contribution is 2.09. The van der Waals surface area contributed by atoms with Gasteiger partial charge in [-0.2, -0.15) is 0 Å². The molecule has 0 bridgehead atoms. The van der Waals surface area contributed by atoms with Gasteiger partial charge in [-0.25, -0.2) is 4.98 Å². The van der Waals surface area contributed by atoms with E-state index in [1.807, 2.05) is 0 Å². The van der Waals surface area contributed by atoms with Crippen LogP contribution in [0.4, 0.5) is 0 Å². The Labute approximate surface area is 80.6 Å². The van der Waals surface area contributed by atoms with Gasteiger partial charge >= 0.3 is 5.97 Å². The van der Waals surface area contributed by atoms with E-state index in [1.54, 1.807) is 6.92 Å². The minimum Gasteiger partial charge on any atom is -0.481 e. The van der Waals surface area contributed by atoms with Gasteiger partial charge in [0.05, 0.1) is 24.0 Å². The van der Waals surface area contributed by atoms with Crippen LogP contribution in [-0.4, -0.2) is 21.0 Å². The smallest absolute Gasteiger partial charge is 0.303 e. The maximum absolute atomic E-state index is 10.3. The predicted octanol–water partition coefficient (Wildman–Crippen LogP) is 1.46. The molecule has 0 aromatic carbocycles. The summed E-state index contributed by atoms with van der Waals surface area (Å²) in [5.74, 6) is -0.839. The van der Waals surface area contributed by atoms with E-state index in [1.165, 1.54) is 6.20 Å². The highest BCUT2D eigenvalue weighted by Gasteiger charge is 2.03. The number of carboxylic acids is 1. The van der Waals surface area contributed by atoms with Crippen molar-refractivity contribution in [2.45, 2.75) is 19.8 Å². The Morgan fingerprint density at radius 3 is 2.92 bits per heavy atom. The van der Waals surface area contributed by atoms with Crippen molar-refractivity contribution in [3.8, 4) is 0 Å². The third-order valence-corrected chi connectivity index (χ3v) is 1.90. The van der Waals surface area contributed by atoms with Crippen LogP contribution in [0.5, 0.6) is 0 Å². The molecule has 1 rings (SSSR count). The van der Waals surface area contributed by atoms with Crippen LogP contribution in [0.15, 0.2) is 6.20 Å². The highest BCUT2D eigenvalue weighted by atomic mass is 35.5. The number of aliphatic carboxylic acids is 1. The molecule has 5 heteroatoms. The number of carboxylic acid groups (broad SMARTS) is 1. The zero-order valence-electron chi connectivity index (χ0n) is 7.12. The van der Waals surface area contributed by atoms with E-state index in [9.17, 15) is 4.79 Å². The Bertz CT molecular complexity index is 328. The Morgan fingerprint density at radius 1 is 1.69 bits per heavy atom. The van der Waals surface area contributed by atoms with Gasteiger partial charge < -0.3 is 5.11 Å². The van der Waals surface area contributed by atoms with E-state index >= 15 is 0 Å². The number of carbonyl (C=O) groups is 1. The van der Waals surface area contributed by atoms with Crippen molar-refractivity contribution in [3.05, 3.63) is 22.7 Å². The Balaban J connectivity index is 2.68. The molecule has 70 valence electrons. The molecular weight excluding hydrogens is 192 g/mol. The van der Waals surface area contributed by atoms with E-state index in [4.69, 9.17) is 16.7 Å². The zero-order valence-corrected chi connectivity index (χ0v) is 7.88. The number of rotatable bonds is 3. The van der Waals surface area contributed by atoms with Gasteiger partial charge in [-0.1, -0.05) is 11.6 Å². The summed E-state index contributed by atoms with van der Waals surface area (Å²) in [6, 6.07) is 0. The SMILES string of the molecule is Cc1nc(CCC(=O)O)cnc1Cl. The van der Waals surface area contributed by atoms with Crippen molar-refractivity contribution in [3.63, 3.8) is 0 Å². The molecule has 0 amide bonds. The van der Waals surface area contributed by atoms with Gasteiger partial charge in [0, 0.05) is 6.42 Å². The lowest BCUT2D eigenvalue weighted by Crippen LogP contribution is -2.01. The van der Waals surface area contributed by atoms with Crippen LogP contribution < -0.4 is 0 Å². The van der Waals surface area contributed by atoms with E-state index in [0.29, 0.717) is 23.0 Å². The lowest BCUT2D eigenvalue weighted by Gasteiger charge is -1.99. The van der Waals surface area contributed by atoms with Crippen molar-refractivity contribution in [2.75, 3.05) is 0 Å². The molecule has 0 spiro atoms. The number of hydrogen-bond acceptors (Lipinski definition) is 3. The first-order valence-corrected chi connectivity index (χ1v) is 4.17. The second kappa shape index (κ2) is 4.18. The lowest BCUT2D eigenvalue weighted by molar-refractivity contribution is -0.136. The van der Waals surface area contributed by atoms with Crippen LogP contribution in [-0.2, 0) is 11.2 Å². The maximum Gasteiger partial charge on any atom is 0.303 e. The minimum atomic E-state index is -0.839. The number of aryl methyl sites for hydroxylation is 2. The monoisotopic (exact) mass is 200 g/mol. The highest BCUT2D eigenvalue weighted by molar-refractivity contribution is 6.29. The molecule has 0 aliphatic rings. The summed E-state index contributed by atoms with van der Waals surface area (Å²) in [6.07, 6.45) is 1.95. The first-order chi connectivity index (χ1) is 6.09. The summed E-state index contributed by atoms with van der Waals surface area (Å²) in [4.78, 5) is 18.2. The van der Waals surface area contributed by atoms with E-state index in [2.05, 4.69) is 9.97 Å². The number of aromatic nitrogens is 2. The largest absolute Gasteiger partial charge is 0.481 e. The molecule has 0 unspecified atom stereocenters. The van der Waals surface area contributed by atoms with Crippen LogP contribution in [0.1, 0.15) is 17.8 Å². The Morgan fingerprint density at radius 2 is 2.38 bits per heavy atom. The van der Waals surface area contributed by atoms with E-state index in [-0.39, 0.29) is 6.42 Å². The molecule has 1 aromatic heterocycles.